The minimum absolute atomic E-state index is 0.585. The first-order valence-electron chi connectivity index (χ1n) is 5.89. The Morgan fingerprint density at radius 3 is 2.50 bits per heavy atom. The van der Waals surface area contributed by atoms with E-state index in [2.05, 4.69) is 37.7 Å². The maximum Gasteiger partial charge on any atom is 0.123 e. The van der Waals surface area contributed by atoms with E-state index in [4.69, 9.17) is 5.73 Å². The molecule has 0 amide bonds. The fourth-order valence-corrected chi connectivity index (χ4v) is 1.84. The van der Waals surface area contributed by atoms with Crippen molar-refractivity contribution in [2.45, 2.75) is 39.8 Å². The topological polar surface area (TPSA) is 42.1 Å². The summed E-state index contributed by atoms with van der Waals surface area (Å²) >= 11 is 0. The Kier molecular flexibility index (Phi) is 4.74. The van der Waals surface area contributed by atoms with E-state index in [9.17, 15) is 0 Å². The summed E-state index contributed by atoms with van der Waals surface area (Å²) in [4.78, 5) is 6.46. The molecule has 1 heterocycles. The number of hydrogen-bond donors (Lipinski definition) is 1. The van der Waals surface area contributed by atoms with Crippen LogP contribution in [0.3, 0.4) is 0 Å². The highest BCUT2D eigenvalue weighted by Gasteiger charge is 2.11. The van der Waals surface area contributed by atoms with E-state index in [1.807, 2.05) is 18.3 Å². The van der Waals surface area contributed by atoms with Crippen molar-refractivity contribution in [3.8, 4) is 0 Å². The molecule has 0 radical (unpaired) electrons. The highest BCUT2D eigenvalue weighted by Crippen LogP contribution is 2.12. The molecule has 90 valence electrons. The van der Waals surface area contributed by atoms with Crippen LogP contribution in [0.1, 0.15) is 32.8 Å². The van der Waals surface area contributed by atoms with Crippen molar-refractivity contribution < 1.29 is 0 Å². The number of hydrogen-bond acceptors (Lipinski definition) is 3. The van der Waals surface area contributed by atoms with Crippen molar-refractivity contribution in [1.82, 2.24) is 9.88 Å². The molecule has 1 aromatic heterocycles. The molecule has 0 aliphatic carbocycles. The van der Waals surface area contributed by atoms with Crippen LogP contribution in [0, 0.1) is 5.92 Å². The third-order valence-corrected chi connectivity index (χ3v) is 2.84. The van der Waals surface area contributed by atoms with E-state index in [0.717, 1.165) is 12.5 Å². The van der Waals surface area contributed by atoms with Crippen LogP contribution in [0.4, 0.5) is 5.82 Å². The molecule has 0 spiro atoms. The second-order valence-electron chi connectivity index (χ2n) is 4.98. The van der Waals surface area contributed by atoms with Crippen molar-refractivity contribution in [3.05, 3.63) is 23.9 Å². The van der Waals surface area contributed by atoms with Crippen molar-refractivity contribution in [2.24, 2.45) is 5.92 Å². The summed E-state index contributed by atoms with van der Waals surface area (Å²) in [6.07, 6.45) is 3.08. The second kappa shape index (κ2) is 5.85. The largest absolute Gasteiger partial charge is 0.384 e. The highest BCUT2D eigenvalue weighted by molar-refractivity contribution is 5.29. The zero-order valence-electron chi connectivity index (χ0n) is 10.8. The van der Waals surface area contributed by atoms with Crippen LogP contribution in [0.15, 0.2) is 18.3 Å². The standard InChI is InChI=1S/C13H23N3/c1-10(2)7-11(3)16(4)9-12-5-6-13(14)15-8-12/h5-6,8,10-11H,7,9H2,1-4H3,(H2,14,15). The molecule has 1 aromatic rings. The van der Waals surface area contributed by atoms with Gasteiger partial charge in [-0.25, -0.2) is 4.98 Å². The molecule has 1 atom stereocenters. The van der Waals surface area contributed by atoms with Crippen LogP contribution in [0.25, 0.3) is 0 Å². The van der Waals surface area contributed by atoms with Crippen molar-refractivity contribution >= 4 is 5.82 Å². The lowest BCUT2D eigenvalue weighted by atomic mass is 10.0. The van der Waals surface area contributed by atoms with E-state index >= 15 is 0 Å². The molecule has 0 saturated heterocycles. The zero-order valence-corrected chi connectivity index (χ0v) is 10.8. The summed E-state index contributed by atoms with van der Waals surface area (Å²) in [5, 5.41) is 0. The van der Waals surface area contributed by atoms with Crippen LogP contribution in [0.2, 0.25) is 0 Å². The molecule has 0 aliphatic heterocycles. The smallest absolute Gasteiger partial charge is 0.123 e. The molecule has 3 heteroatoms. The van der Waals surface area contributed by atoms with Crippen LogP contribution in [-0.2, 0) is 6.54 Å². The molecule has 1 unspecified atom stereocenters. The monoisotopic (exact) mass is 221 g/mol. The Bertz CT molecular complexity index is 305. The lowest BCUT2D eigenvalue weighted by Crippen LogP contribution is -2.29. The number of anilines is 1. The number of rotatable bonds is 5. The lowest BCUT2D eigenvalue weighted by molar-refractivity contribution is 0.220. The summed E-state index contributed by atoms with van der Waals surface area (Å²) in [5.41, 5.74) is 6.77. The third-order valence-electron chi connectivity index (χ3n) is 2.84. The number of nitrogens with two attached hydrogens (primary N) is 1. The van der Waals surface area contributed by atoms with E-state index < -0.39 is 0 Å². The van der Waals surface area contributed by atoms with Gasteiger partial charge in [-0.05, 0) is 37.9 Å². The molecular formula is C13H23N3. The maximum atomic E-state index is 5.56. The van der Waals surface area contributed by atoms with Crippen molar-refractivity contribution in [1.29, 1.82) is 0 Å². The van der Waals surface area contributed by atoms with E-state index in [1.54, 1.807) is 0 Å². The predicted molar refractivity (Wildman–Crippen MR) is 69.0 cm³/mol. The first-order chi connectivity index (χ1) is 7.49. The number of aromatic nitrogens is 1. The molecule has 16 heavy (non-hydrogen) atoms. The van der Waals surface area contributed by atoms with Crippen molar-refractivity contribution in [2.75, 3.05) is 12.8 Å². The fraction of sp³-hybridized carbons (Fsp3) is 0.615. The maximum absolute atomic E-state index is 5.56. The Hall–Kier alpha value is -1.09. The van der Waals surface area contributed by atoms with Gasteiger partial charge in [0.2, 0.25) is 0 Å². The van der Waals surface area contributed by atoms with Gasteiger partial charge in [-0.1, -0.05) is 19.9 Å². The van der Waals surface area contributed by atoms with E-state index in [1.165, 1.54) is 12.0 Å². The summed E-state index contributed by atoms with van der Waals surface area (Å²) in [5.74, 6) is 1.32. The van der Waals surface area contributed by atoms with Gasteiger partial charge in [-0.2, -0.15) is 0 Å². The molecule has 1 rings (SSSR count). The second-order valence-corrected chi connectivity index (χ2v) is 4.98. The first-order valence-corrected chi connectivity index (χ1v) is 5.89. The third kappa shape index (κ3) is 4.19. The molecule has 0 aliphatic rings. The Morgan fingerprint density at radius 2 is 2.00 bits per heavy atom. The SMILES string of the molecule is CC(C)CC(C)N(C)Cc1ccc(N)nc1. The van der Waals surface area contributed by atoms with Crippen LogP contribution >= 0.6 is 0 Å². The lowest BCUT2D eigenvalue weighted by Gasteiger charge is -2.26. The molecule has 0 aromatic carbocycles. The summed E-state index contributed by atoms with van der Waals surface area (Å²) in [7, 11) is 2.16. The van der Waals surface area contributed by atoms with E-state index in [0.29, 0.717) is 11.9 Å². The number of nitrogens with zero attached hydrogens (tertiary/aromatic N) is 2. The van der Waals surface area contributed by atoms with Crippen LogP contribution in [0.5, 0.6) is 0 Å². The van der Waals surface area contributed by atoms with Crippen molar-refractivity contribution in [3.63, 3.8) is 0 Å². The minimum atomic E-state index is 0.585. The molecule has 0 fully saturated rings. The highest BCUT2D eigenvalue weighted by atomic mass is 15.1. The quantitative estimate of drug-likeness (QED) is 0.830. The first kappa shape index (κ1) is 13.0. The van der Waals surface area contributed by atoms with Gasteiger partial charge in [0.15, 0.2) is 0 Å². The van der Waals surface area contributed by atoms with E-state index in [-0.39, 0.29) is 0 Å². The van der Waals surface area contributed by atoms with Gasteiger partial charge in [0.25, 0.3) is 0 Å². The molecule has 2 N–H and O–H groups in total. The molecule has 3 nitrogen and oxygen atoms in total. The zero-order chi connectivity index (χ0) is 12.1. The Morgan fingerprint density at radius 1 is 1.31 bits per heavy atom. The molecule has 0 saturated carbocycles. The Balaban J connectivity index is 2.50. The average molecular weight is 221 g/mol. The number of pyridine rings is 1. The average Bonchev–Trinajstić information content (AvgIpc) is 2.20. The van der Waals surface area contributed by atoms with Gasteiger partial charge in [0.1, 0.15) is 5.82 Å². The van der Waals surface area contributed by atoms with Gasteiger partial charge in [-0.15, -0.1) is 0 Å². The Labute approximate surface area is 98.7 Å². The number of nitrogen functional groups attached to an aromatic ring is 1. The summed E-state index contributed by atoms with van der Waals surface area (Å²) in [6, 6.07) is 4.49. The summed E-state index contributed by atoms with van der Waals surface area (Å²) in [6.45, 7) is 7.72. The van der Waals surface area contributed by atoms with Crippen LogP contribution in [-0.4, -0.2) is 23.0 Å². The fourth-order valence-electron chi connectivity index (χ4n) is 1.84. The molecule has 0 bridgehead atoms. The van der Waals surface area contributed by atoms with Crippen LogP contribution < -0.4 is 5.73 Å². The van der Waals surface area contributed by atoms with Gasteiger partial charge in [0, 0.05) is 18.8 Å². The molecular weight excluding hydrogens is 198 g/mol. The van der Waals surface area contributed by atoms with Gasteiger partial charge < -0.3 is 5.73 Å². The van der Waals surface area contributed by atoms with Gasteiger partial charge in [0.05, 0.1) is 0 Å². The summed E-state index contributed by atoms with van der Waals surface area (Å²) < 4.78 is 0. The minimum Gasteiger partial charge on any atom is -0.384 e. The van der Waals surface area contributed by atoms with Gasteiger partial charge in [-0.3, -0.25) is 4.90 Å². The predicted octanol–water partition coefficient (Wildman–Crippen LogP) is 2.53. The van der Waals surface area contributed by atoms with Gasteiger partial charge >= 0.3 is 0 Å². The normalized spacial score (nSPS) is 13.4.